The molecule has 0 unspecified atom stereocenters. The fourth-order valence-corrected chi connectivity index (χ4v) is 3.03. The van der Waals surface area contributed by atoms with E-state index >= 15 is 0 Å². The van der Waals surface area contributed by atoms with Crippen LogP contribution in [0.15, 0.2) is 41.2 Å². The van der Waals surface area contributed by atoms with Crippen molar-refractivity contribution in [2.75, 3.05) is 0 Å². The third-order valence-electron chi connectivity index (χ3n) is 4.32. The number of halogens is 3. The highest BCUT2D eigenvalue weighted by atomic mass is 35.5. The van der Waals surface area contributed by atoms with Crippen LogP contribution in [-0.4, -0.2) is 20.6 Å². The Kier molecular flexibility index (Phi) is 5.65. The van der Waals surface area contributed by atoms with E-state index in [0.717, 1.165) is 12.1 Å². The van der Waals surface area contributed by atoms with Crippen LogP contribution in [0.4, 0.5) is 8.78 Å². The first-order valence-electron chi connectivity index (χ1n) is 8.40. The summed E-state index contributed by atoms with van der Waals surface area (Å²) in [5.74, 6) is -2.66. The summed E-state index contributed by atoms with van der Waals surface area (Å²) >= 11 is 6.12. The fourth-order valence-electron chi connectivity index (χ4n) is 2.84. The maximum absolute atomic E-state index is 13.8. The van der Waals surface area contributed by atoms with E-state index in [4.69, 9.17) is 16.3 Å². The van der Waals surface area contributed by atoms with Gasteiger partial charge in [0.25, 0.3) is 5.56 Å². The van der Waals surface area contributed by atoms with E-state index in [-0.39, 0.29) is 34.5 Å². The van der Waals surface area contributed by atoms with Gasteiger partial charge in [-0.3, -0.25) is 9.36 Å². The summed E-state index contributed by atoms with van der Waals surface area (Å²) in [7, 11) is 0. The van der Waals surface area contributed by atoms with Gasteiger partial charge in [-0.05, 0) is 43.7 Å². The van der Waals surface area contributed by atoms with Crippen LogP contribution >= 0.6 is 11.6 Å². The van der Waals surface area contributed by atoms with Gasteiger partial charge in [0, 0.05) is 11.6 Å². The lowest BCUT2D eigenvalue weighted by molar-refractivity contribution is 0.0696. The largest absolute Gasteiger partial charge is 0.478 e. The van der Waals surface area contributed by atoms with Crippen LogP contribution in [0.3, 0.4) is 0 Å². The van der Waals surface area contributed by atoms with E-state index in [2.05, 4.69) is 4.98 Å². The highest BCUT2D eigenvalue weighted by Gasteiger charge is 2.19. The monoisotopic (exact) mass is 420 g/mol. The Balaban J connectivity index is 2.00. The quantitative estimate of drug-likeness (QED) is 0.673. The first-order chi connectivity index (χ1) is 13.7. The minimum atomic E-state index is -1.13. The van der Waals surface area contributed by atoms with Crippen molar-refractivity contribution in [1.82, 2.24) is 9.55 Å². The van der Waals surface area contributed by atoms with Gasteiger partial charge in [0.2, 0.25) is 5.88 Å². The molecule has 1 aromatic heterocycles. The highest BCUT2D eigenvalue weighted by Crippen LogP contribution is 2.24. The lowest BCUT2D eigenvalue weighted by Gasteiger charge is -2.16. The molecule has 0 aliphatic rings. The van der Waals surface area contributed by atoms with Crippen molar-refractivity contribution in [3.05, 3.63) is 85.9 Å². The molecule has 0 amide bonds. The Morgan fingerprint density at radius 1 is 1.24 bits per heavy atom. The maximum atomic E-state index is 13.8. The molecule has 0 fully saturated rings. The molecular formula is C20H15ClF2N2O4. The zero-order valence-corrected chi connectivity index (χ0v) is 16.1. The fraction of sp³-hybridized carbons (Fsp3) is 0.150. The maximum Gasteiger partial charge on any atom is 0.336 e. The number of rotatable bonds is 5. The van der Waals surface area contributed by atoms with E-state index < -0.39 is 23.2 Å². The first-order valence-corrected chi connectivity index (χ1v) is 8.77. The molecule has 3 rings (SSSR count). The van der Waals surface area contributed by atoms with Crippen LogP contribution in [0.5, 0.6) is 5.88 Å². The molecule has 2 aromatic carbocycles. The molecule has 1 heterocycles. The molecule has 6 nitrogen and oxygen atoms in total. The number of hydrogen-bond acceptors (Lipinski definition) is 4. The van der Waals surface area contributed by atoms with Gasteiger partial charge in [-0.2, -0.15) is 4.98 Å². The van der Waals surface area contributed by atoms with Crippen molar-refractivity contribution in [1.29, 1.82) is 0 Å². The van der Waals surface area contributed by atoms with Gasteiger partial charge in [0.15, 0.2) is 5.02 Å². The minimum Gasteiger partial charge on any atom is -0.478 e. The first kappa shape index (κ1) is 20.5. The van der Waals surface area contributed by atoms with E-state index in [1.807, 2.05) is 0 Å². The summed E-state index contributed by atoms with van der Waals surface area (Å²) < 4.78 is 33.3. The van der Waals surface area contributed by atoms with Gasteiger partial charge >= 0.3 is 5.97 Å². The molecule has 0 aliphatic heterocycles. The van der Waals surface area contributed by atoms with Crippen molar-refractivity contribution < 1.29 is 23.4 Å². The molecule has 29 heavy (non-hydrogen) atoms. The molecule has 0 saturated carbocycles. The number of ether oxygens (including phenoxy) is 1. The third-order valence-corrected chi connectivity index (χ3v) is 4.64. The second-order valence-corrected chi connectivity index (χ2v) is 6.58. The third kappa shape index (κ3) is 3.97. The Labute approximate surface area is 169 Å². The van der Waals surface area contributed by atoms with Crippen molar-refractivity contribution in [3.8, 4) is 11.6 Å². The van der Waals surface area contributed by atoms with Crippen LogP contribution in [0, 0.1) is 25.5 Å². The van der Waals surface area contributed by atoms with Crippen LogP contribution in [0.25, 0.3) is 5.69 Å². The Hall–Kier alpha value is -3.26. The second-order valence-electron chi connectivity index (χ2n) is 6.20. The van der Waals surface area contributed by atoms with Gasteiger partial charge in [-0.1, -0.05) is 17.7 Å². The normalized spacial score (nSPS) is 10.8. The highest BCUT2D eigenvalue weighted by molar-refractivity contribution is 6.31. The summed E-state index contributed by atoms with van der Waals surface area (Å²) in [6, 6.07) is 7.52. The molecule has 0 bridgehead atoms. The van der Waals surface area contributed by atoms with E-state index in [0.29, 0.717) is 11.3 Å². The molecule has 150 valence electrons. The van der Waals surface area contributed by atoms with Crippen LogP contribution in [-0.2, 0) is 6.61 Å². The Bertz CT molecular complexity index is 1180. The number of aromatic carboxylic acids is 1. The van der Waals surface area contributed by atoms with Crippen molar-refractivity contribution in [3.63, 3.8) is 0 Å². The van der Waals surface area contributed by atoms with Gasteiger partial charge in [0.05, 0.1) is 11.3 Å². The average molecular weight is 421 g/mol. The molecular weight excluding hydrogens is 406 g/mol. The van der Waals surface area contributed by atoms with Gasteiger partial charge in [0.1, 0.15) is 24.1 Å². The molecule has 1 N–H and O–H groups in total. The van der Waals surface area contributed by atoms with E-state index in [1.54, 1.807) is 13.0 Å². The second kappa shape index (κ2) is 8.00. The number of benzene rings is 2. The molecule has 0 aliphatic carbocycles. The number of carboxylic acids is 1. The van der Waals surface area contributed by atoms with Crippen LogP contribution in [0.1, 0.15) is 27.3 Å². The number of aryl methyl sites for hydroxylation is 1. The SMILES string of the molecule is Cc1c(C(=O)O)cccc1-n1c(C)nc(OCc2ccc(F)cc2F)c(Cl)c1=O. The number of aromatic nitrogens is 2. The van der Waals surface area contributed by atoms with Gasteiger partial charge < -0.3 is 9.84 Å². The summed E-state index contributed by atoms with van der Waals surface area (Å²) in [6.07, 6.45) is 0. The molecule has 0 saturated heterocycles. The summed E-state index contributed by atoms with van der Waals surface area (Å²) in [6.45, 7) is 2.78. The molecule has 0 atom stereocenters. The van der Waals surface area contributed by atoms with Gasteiger partial charge in [-0.25, -0.2) is 13.6 Å². The smallest absolute Gasteiger partial charge is 0.336 e. The lowest BCUT2D eigenvalue weighted by atomic mass is 10.1. The van der Waals surface area contributed by atoms with E-state index in [9.17, 15) is 23.5 Å². The predicted molar refractivity (Wildman–Crippen MR) is 102 cm³/mol. The van der Waals surface area contributed by atoms with Crippen LogP contribution < -0.4 is 10.3 Å². The zero-order valence-electron chi connectivity index (χ0n) is 15.4. The van der Waals surface area contributed by atoms with E-state index in [1.165, 1.54) is 29.7 Å². The molecule has 9 heteroatoms. The Morgan fingerprint density at radius 2 is 1.97 bits per heavy atom. The standard InChI is InChI=1S/C20H15ClF2N2O4/c1-10-14(20(27)28)4-3-5-16(10)25-11(2)24-18(17(21)19(25)26)29-9-12-6-7-13(22)8-15(12)23/h3-8H,9H2,1-2H3,(H,27,28). The zero-order chi connectivity index (χ0) is 21.3. The Morgan fingerprint density at radius 3 is 2.62 bits per heavy atom. The number of carbonyl (C=O) groups is 1. The van der Waals surface area contributed by atoms with Crippen molar-refractivity contribution in [2.24, 2.45) is 0 Å². The van der Waals surface area contributed by atoms with Crippen molar-refractivity contribution >= 4 is 17.6 Å². The number of carboxylic acid groups (broad SMARTS) is 1. The molecule has 3 aromatic rings. The molecule has 0 spiro atoms. The lowest BCUT2D eigenvalue weighted by Crippen LogP contribution is -2.24. The minimum absolute atomic E-state index is 0.0389. The van der Waals surface area contributed by atoms with Crippen LogP contribution in [0.2, 0.25) is 5.02 Å². The average Bonchev–Trinajstić information content (AvgIpc) is 2.65. The predicted octanol–water partition coefficient (Wildman–Crippen LogP) is 4.06. The topological polar surface area (TPSA) is 81.4 Å². The number of nitrogens with zero attached hydrogens (tertiary/aromatic N) is 2. The molecule has 0 radical (unpaired) electrons. The summed E-state index contributed by atoms with van der Waals surface area (Å²) in [5.41, 5.74) is 0.121. The summed E-state index contributed by atoms with van der Waals surface area (Å²) in [4.78, 5) is 28.3. The number of hydrogen-bond donors (Lipinski definition) is 1. The van der Waals surface area contributed by atoms with Gasteiger partial charge in [-0.15, -0.1) is 0 Å². The summed E-state index contributed by atoms with van der Waals surface area (Å²) in [5, 5.41) is 8.94. The van der Waals surface area contributed by atoms with Crippen molar-refractivity contribution in [2.45, 2.75) is 20.5 Å².